The molecule has 1 saturated heterocycles. The number of hydrogen-bond donors (Lipinski definition) is 2. The minimum atomic E-state index is 0.401. The van der Waals surface area contributed by atoms with Crippen LogP contribution in [-0.2, 0) is 6.42 Å². The number of phenols is 1. The van der Waals surface area contributed by atoms with Gasteiger partial charge in [0.2, 0.25) is 0 Å². The number of nitrogens with one attached hydrogen (secondary N) is 1. The number of hydrogen-bond acceptors (Lipinski definition) is 5. The second-order valence-corrected chi connectivity index (χ2v) is 7.05. The molecule has 0 saturated carbocycles. The summed E-state index contributed by atoms with van der Waals surface area (Å²) in [7, 11) is 0. The molecular formula is C17H21N3OS. The van der Waals surface area contributed by atoms with Crippen LogP contribution >= 0.6 is 11.3 Å². The lowest BCUT2D eigenvalue weighted by Gasteiger charge is -2.34. The third-order valence-electron chi connectivity index (χ3n) is 4.87. The molecule has 0 spiro atoms. The summed E-state index contributed by atoms with van der Waals surface area (Å²) in [5.41, 5.74) is 2.43. The molecule has 2 aromatic rings. The Hall–Kier alpha value is -1.59. The van der Waals surface area contributed by atoms with Gasteiger partial charge in [-0.2, -0.15) is 0 Å². The summed E-state index contributed by atoms with van der Waals surface area (Å²) in [6.07, 6.45) is 6.28. The number of benzene rings is 1. The number of phenolic OH excluding ortho intramolecular Hbond substituents is 1. The molecule has 4 rings (SSSR count). The van der Waals surface area contributed by atoms with E-state index in [-0.39, 0.29) is 0 Å². The first-order chi connectivity index (χ1) is 10.8. The van der Waals surface area contributed by atoms with Crippen LogP contribution < -0.4 is 10.2 Å². The molecule has 0 bridgehead atoms. The molecule has 2 aliphatic rings. The van der Waals surface area contributed by atoms with Crippen LogP contribution in [0.2, 0.25) is 0 Å². The molecule has 0 radical (unpaired) electrons. The van der Waals surface area contributed by atoms with Crippen molar-refractivity contribution in [3.05, 3.63) is 40.9 Å². The molecule has 2 heterocycles. The Morgan fingerprint density at radius 1 is 1.23 bits per heavy atom. The lowest BCUT2D eigenvalue weighted by Crippen LogP contribution is -2.43. The minimum Gasteiger partial charge on any atom is -0.508 e. The van der Waals surface area contributed by atoms with Crippen LogP contribution in [0.3, 0.4) is 0 Å². The first-order valence-corrected chi connectivity index (χ1v) is 8.90. The zero-order valence-electron chi connectivity index (χ0n) is 12.5. The molecule has 5 heteroatoms. The van der Waals surface area contributed by atoms with Gasteiger partial charge in [-0.25, -0.2) is 4.98 Å². The summed E-state index contributed by atoms with van der Waals surface area (Å²) in [5, 5.41) is 17.0. The zero-order chi connectivity index (χ0) is 14.9. The maximum absolute atomic E-state index is 9.96. The number of fused-ring (bicyclic) bond motifs is 1. The number of nitrogens with zero attached hydrogens (tertiary/aromatic N) is 2. The maximum atomic E-state index is 9.96. The van der Waals surface area contributed by atoms with E-state index < -0.39 is 0 Å². The SMILES string of the molecule is Oc1cccc2c1CCC2NC1CCN(c2nccs2)CC1. The van der Waals surface area contributed by atoms with Crippen molar-refractivity contribution in [2.75, 3.05) is 18.0 Å². The second kappa shape index (κ2) is 5.89. The van der Waals surface area contributed by atoms with Crippen LogP contribution in [0.4, 0.5) is 5.13 Å². The molecule has 1 aliphatic carbocycles. The Labute approximate surface area is 134 Å². The van der Waals surface area contributed by atoms with Crippen molar-refractivity contribution in [2.45, 2.75) is 37.8 Å². The third kappa shape index (κ3) is 2.59. The van der Waals surface area contributed by atoms with E-state index in [2.05, 4.69) is 21.3 Å². The van der Waals surface area contributed by atoms with E-state index in [1.54, 1.807) is 17.4 Å². The van der Waals surface area contributed by atoms with Crippen LogP contribution in [0.15, 0.2) is 29.8 Å². The van der Waals surface area contributed by atoms with E-state index in [1.165, 1.54) is 5.56 Å². The van der Waals surface area contributed by atoms with Crippen molar-refractivity contribution in [2.24, 2.45) is 0 Å². The lowest BCUT2D eigenvalue weighted by atomic mass is 10.0. The van der Waals surface area contributed by atoms with Crippen LogP contribution in [0.1, 0.15) is 36.4 Å². The summed E-state index contributed by atoms with van der Waals surface area (Å²) < 4.78 is 0. The van der Waals surface area contributed by atoms with Gasteiger partial charge in [0.05, 0.1) is 0 Å². The molecular weight excluding hydrogens is 294 g/mol. The van der Waals surface area contributed by atoms with Gasteiger partial charge >= 0.3 is 0 Å². The highest BCUT2D eigenvalue weighted by Crippen LogP contribution is 2.37. The molecule has 1 atom stereocenters. The monoisotopic (exact) mass is 315 g/mol. The van der Waals surface area contributed by atoms with Gasteiger partial charge in [0.25, 0.3) is 0 Å². The van der Waals surface area contributed by atoms with Crippen LogP contribution in [0.5, 0.6) is 5.75 Å². The molecule has 1 unspecified atom stereocenters. The largest absolute Gasteiger partial charge is 0.508 e. The predicted octanol–water partition coefficient (Wildman–Crippen LogP) is 3.09. The highest BCUT2D eigenvalue weighted by atomic mass is 32.1. The molecule has 0 amide bonds. The van der Waals surface area contributed by atoms with Crippen molar-refractivity contribution in [1.29, 1.82) is 0 Å². The lowest BCUT2D eigenvalue weighted by molar-refractivity contribution is 0.368. The van der Waals surface area contributed by atoms with Crippen molar-refractivity contribution in [3.8, 4) is 5.75 Å². The number of anilines is 1. The van der Waals surface area contributed by atoms with Gasteiger partial charge in [-0.05, 0) is 42.9 Å². The van der Waals surface area contributed by atoms with Crippen LogP contribution in [0.25, 0.3) is 0 Å². The van der Waals surface area contributed by atoms with Crippen molar-refractivity contribution in [3.63, 3.8) is 0 Å². The predicted molar refractivity (Wildman–Crippen MR) is 89.7 cm³/mol. The Kier molecular flexibility index (Phi) is 3.76. The summed E-state index contributed by atoms with van der Waals surface area (Å²) in [6, 6.07) is 6.88. The summed E-state index contributed by atoms with van der Waals surface area (Å²) in [5.74, 6) is 0.459. The Morgan fingerprint density at radius 3 is 2.86 bits per heavy atom. The van der Waals surface area contributed by atoms with E-state index in [4.69, 9.17) is 0 Å². The van der Waals surface area contributed by atoms with Gasteiger partial charge < -0.3 is 15.3 Å². The van der Waals surface area contributed by atoms with E-state index >= 15 is 0 Å². The fourth-order valence-electron chi connectivity index (χ4n) is 3.70. The second-order valence-electron chi connectivity index (χ2n) is 6.18. The topological polar surface area (TPSA) is 48.4 Å². The van der Waals surface area contributed by atoms with Gasteiger partial charge in [-0.1, -0.05) is 12.1 Å². The summed E-state index contributed by atoms with van der Waals surface area (Å²) in [6.45, 7) is 2.15. The average Bonchev–Trinajstić information content (AvgIpc) is 3.19. The molecule has 1 fully saturated rings. The van der Waals surface area contributed by atoms with Gasteiger partial charge in [0.1, 0.15) is 5.75 Å². The van der Waals surface area contributed by atoms with Gasteiger partial charge in [0.15, 0.2) is 5.13 Å². The Balaban J connectivity index is 1.38. The smallest absolute Gasteiger partial charge is 0.185 e. The number of piperidine rings is 1. The fourth-order valence-corrected chi connectivity index (χ4v) is 4.40. The highest BCUT2D eigenvalue weighted by Gasteiger charge is 2.28. The third-order valence-corrected chi connectivity index (χ3v) is 5.70. The number of rotatable bonds is 3. The molecule has 22 heavy (non-hydrogen) atoms. The Bertz CT molecular complexity index is 635. The van der Waals surface area contributed by atoms with Gasteiger partial charge in [-0.3, -0.25) is 0 Å². The van der Waals surface area contributed by atoms with Gasteiger partial charge in [-0.15, -0.1) is 11.3 Å². The summed E-state index contributed by atoms with van der Waals surface area (Å²) in [4.78, 5) is 6.79. The quantitative estimate of drug-likeness (QED) is 0.914. The van der Waals surface area contributed by atoms with Crippen molar-refractivity contribution < 1.29 is 5.11 Å². The minimum absolute atomic E-state index is 0.401. The average molecular weight is 315 g/mol. The number of thiazole rings is 1. The van der Waals surface area contributed by atoms with Crippen molar-refractivity contribution >= 4 is 16.5 Å². The van der Waals surface area contributed by atoms with Crippen molar-refractivity contribution in [1.82, 2.24) is 10.3 Å². The van der Waals surface area contributed by atoms with Gasteiger partial charge in [0, 0.05) is 36.8 Å². The molecule has 2 N–H and O–H groups in total. The maximum Gasteiger partial charge on any atom is 0.185 e. The molecule has 1 aliphatic heterocycles. The number of aromatic hydroxyl groups is 1. The van der Waals surface area contributed by atoms with E-state index in [0.29, 0.717) is 17.8 Å². The first kappa shape index (κ1) is 14.0. The molecule has 116 valence electrons. The molecule has 4 nitrogen and oxygen atoms in total. The highest BCUT2D eigenvalue weighted by molar-refractivity contribution is 7.13. The van der Waals surface area contributed by atoms with E-state index in [0.717, 1.165) is 49.5 Å². The molecule has 1 aromatic carbocycles. The van der Waals surface area contributed by atoms with Crippen LogP contribution in [0, 0.1) is 0 Å². The summed E-state index contributed by atoms with van der Waals surface area (Å²) >= 11 is 1.72. The number of aromatic nitrogens is 1. The van der Waals surface area contributed by atoms with Crippen LogP contribution in [-0.4, -0.2) is 29.2 Å². The Morgan fingerprint density at radius 2 is 2.09 bits per heavy atom. The first-order valence-electron chi connectivity index (χ1n) is 8.02. The standard InChI is InChI=1S/C17H21N3OS/c21-16-3-1-2-13-14(16)4-5-15(13)19-12-6-9-20(10-7-12)17-18-8-11-22-17/h1-3,8,11-12,15,19,21H,4-7,9-10H2. The fraction of sp³-hybridized carbons (Fsp3) is 0.471. The zero-order valence-corrected chi connectivity index (χ0v) is 13.4. The van der Waals surface area contributed by atoms with E-state index in [9.17, 15) is 5.11 Å². The normalized spacial score (nSPS) is 22.0. The van der Waals surface area contributed by atoms with E-state index in [1.807, 2.05) is 17.6 Å². The molecule has 1 aromatic heterocycles.